The SMILES string of the molecule is CC1CCC(NCc2cc(Cl)c(O[C@H]3CCc4c(-c5ccccc5F)cccc43)cc2OCc2cncc(C#N)c2)CC1. The van der Waals surface area contributed by atoms with Crippen LogP contribution < -0.4 is 14.8 Å². The molecule has 0 amide bonds. The van der Waals surface area contributed by atoms with Crippen molar-refractivity contribution in [2.24, 2.45) is 5.92 Å². The molecule has 5 nitrogen and oxygen atoms in total. The quantitative estimate of drug-likeness (QED) is 0.209. The van der Waals surface area contributed by atoms with Gasteiger partial charge in [-0.2, -0.15) is 5.26 Å². The number of pyridine rings is 1. The summed E-state index contributed by atoms with van der Waals surface area (Å²) in [6.07, 6.45) is 9.38. The number of nitrogens with one attached hydrogen (secondary N) is 1. The Kier molecular flexibility index (Phi) is 8.92. The predicted molar refractivity (Wildman–Crippen MR) is 167 cm³/mol. The van der Waals surface area contributed by atoms with Crippen LogP contribution in [-0.2, 0) is 19.6 Å². The molecule has 220 valence electrons. The van der Waals surface area contributed by atoms with Crippen LogP contribution >= 0.6 is 11.6 Å². The van der Waals surface area contributed by atoms with Crippen molar-refractivity contribution < 1.29 is 13.9 Å². The molecule has 6 rings (SSSR count). The van der Waals surface area contributed by atoms with Gasteiger partial charge in [0, 0.05) is 47.7 Å². The molecule has 0 saturated heterocycles. The van der Waals surface area contributed by atoms with Gasteiger partial charge in [-0.25, -0.2) is 4.39 Å². The third-order valence-corrected chi connectivity index (χ3v) is 8.97. The molecule has 0 unspecified atom stereocenters. The van der Waals surface area contributed by atoms with Crippen molar-refractivity contribution in [3.05, 3.63) is 112 Å². The van der Waals surface area contributed by atoms with Crippen LogP contribution in [0.1, 0.15) is 72.9 Å². The summed E-state index contributed by atoms with van der Waals surface area (Å²) in [5, 5.41) is 13.5. The number of fused-ring (bicyclic) bond motifs is 1. The fourth-order valence-electron chi connectivity index (χ4n) is 6.27. The molecule has 7 heteroatoms. The minimum Gasteiger partial charge on any atom is -0.488 e. The van der Waals surface area contributed by atoms with Gasteiger partial charge in [-0.1, -0.05) is 54.9 Å². The van der Waals surface area contributed by atoms with E-state index in [9.17, 15) is 9.65 Å². The van der Waals surface area contributed by atoms with Gasteiger partial charge in [0.05, 0.1) is 10.6 Å². The second-order valence-corrected chi connectivity index (χ2v) is 12.1. The van der Waals surface area contributed by atoms with Gasteiger partial charge in [0.15, 0.2) is 0 Å². The highest BCUT2D eigenvalue weighted by Gasteiger charge is 2.28. The number of nitriles is 1. The first-order valence-electron chi connectivity index (χ1n) is 15.0. The lowest BCUT2D eigenvalue weighted by Crippen LogP contribution is -2.32. The summed E-state index contributed by atoms with van der Waals surface area (Å²) in [5.74, 6) is 1.78. The third kappa shape index (κ3) is 6.69. The first kappa shape index (κ1) is 29.2. The van der Waals surface area contributed by atoms with Crippen molar-refractivity contribution in [3.63, 3.8) is 0 Å². The molecular formula is C36H35ClFN3O2. The van der Waals surface area contributed by atoms with E-state index in [-0.39, 0.29) is 18.5 Å². The Hall–Kier alpha value is -3.92. The number of aromatic nitrogens is 1. The highest BCUT2D eigenvalue weighted by atomic mass is 35.5. The van der Waals surface area contributed by atoms with Crippen molar-refractivity contribution in [1.29, 1.82) is 5.26 Å². The number of hydrogen-bond acceptors (Lipinski definition) is 5. The lowest BCUT2D eigenvalue weighted by molar-refractivity contribution is 0.206. The lowest BCUT2D eigenvalue weighted by atomic mass is 9.87. The van der Waals surface area contributed by atoms with E-state index in [2.05, 4.69) is 29.4 Å². The molecule has 1 N–H and O–H groups in total. The Morgan fingerprint density at radius 2 is 1.79 bits per heavy atom. The predicted octanol–water partition coefficient (Wildman–Crippen LogP) is 8.73. The van der Waals surface area contributed by atoms with Gasteiger partial charge < -0.3 is 14.8 Å². The van der Waals surface area contributed by atoms with Gasteiger partial charge >= 0.3 is 0 Å². The maximum atomic E-state index is 14.7. The van der Waals surface area contributed by atoms with E-state index >= 15 is 0 Å². The molecule has 0 aliphatic heterocycles. The van der Waals surface area contributed by atoms with Crippen LogP contribution in [0, 0.1) is 23.1 Å². The second-order valence-electron chi connectivity index (χ2n) is 11.7. The zero-order chi connectivity index (χ0) is 29.8. The molecule has 4 aromatic rings. The second kappa shape index (κ2) is 13.2. The number of nitrogens with zero attached hydrogens (tertiary/aromatic N) is 2. The molecule has 0 radical (unpaired) electrons. The number of ether oxygens (including phenoxy) is 2. The molecule has 0 bridgehead atoms. The summed E-state index contributed by atoms with van der Waals surface area (Å²) in [7, 11) is 0. The van der Waals surface area contributed by atoms with Crippen molar-refractivity contribution in [2.45, 2.75) is 70.7 Å². The normalized spacial score (nSPS) is 19.4. The van der Waals surface area contributed by atoms with Crippen LogP contribution in [0.3, 0.4) is 0 Å². The molecule has 1 saturated carbocycles. The van der Waals surface area contributed by atoms with E-state index in [1.807, 2.05) is 36.4 Å². The topological polar surface area (TPSA) is 67.2 Å². The monoisotopic (exact) mass is 595 g/mol. The van der Waals surface area contributed by atoms with E-state index < -0.39 is 0 Å². The van der Waals surface area contributed by atoms with E-state index in [1.54, 1.807) is 18.3 Å². The standard InChI is InChI=1S/C36H35ClFN3O2/c1-23-9-11-27(12-10-23)41-21-26-16-32(37)36(17-35(26)42-22-25-15-24(18-39)19-40-20-25)43-34-14-13-29-28(6-4-7-31(29)34)30-5-2-3-8-33(30)38/h2-8,15-17,19-20,23,27,34,41H,9-14,21-22H2,1H3/t23?,27?,34-/m0/s1. The van der Waals surface area contributed by atoms with Crippen molar-refractivity contribution >= 4 is 11.6 Å². The zero-order valence-electron chi connectivity index (χ0n) is 24.3. The molecule has 1 aromatic heterocycles. The lowest BCUT2D eigenvalue weighted by Gasteiger charge is -2.27. The van der Waals surface area contributed by atoms with Crippen LogP contribution in [0.25, 0.3) is 11.1 Å². The summed E-state index contributed by atoms with van der Waals surface area (Å²) in [5.41, 5.74) is 5.92. The van der Waals surface area contributed by atoms with Gasteiger partial charge in [0.25, 0.3) is 0 Å². The minimum atomic E-state index is -0.229. The van der Waals surface area contributed by atoms with E-state index in [0.29, 0.717) is 40.2 Å². The molecule has 1 fully saturated rings. The third-order valence-electron chi connectivity index (χ3n) is 8.68. The summed E-state index contributed by atoms with van der Waals surface area (Å²) >= 11 is 6.85. The largest absolute Gasteiger partial charge is 0.488 e. The van der Waals surface area contributed by atoms with Gasteiger partial charge in [0.2, 0.25) is 0 Å². The van der Waals surface area contributed by atoms with Gasteiger partial charge in [-0.15, -0.1) is 0 Å². The molecule has 0 spiro atoms. The molecule has 2 aliphatic carbocycles. The van der Waals surface area contributed by atoms with Crippen molar-refractivity contribution in [3.8, 4) is 28.7 Å². The van der Waals surface area contributed by atoms with E-state index in [4.69, 9.17) is 21.1 Å². The first-order chi connectivity index (χ1) is 21.0. The van der Waals surface area contributed by atoms with Crippen LogP contribution in [0.2, 0.25) is 5.02 Å². The van der Waals surface area contributed by atoms with Crippen LogP contribution in [0.15, 0.2) is 73.1 Å². The number of halogens is 2. The number of rotatable bonds is 9. The fraction of sp³-hybridized carbons (Fsp3) is 0.333. The smallest absolute Gasteiger partial charge is 0.142 e. The van der Waals surface area contributed by atoms with Gasteiger partial charge in [-0.3, -0.25) is 4.98 Å². The molecule has 43 heavy (non-hydrogen) atoms. The molecule has 1 atom stereocenters. The summed E-state index contributed by atoms with van der Waals surface area (Å²) in [6, 6.07) is 21.1. The van der Waals surface area contributed by atoms with Gasteiger partial charge in [-0.05, 0) is 79.3 Å². The Bertz CT molecular complexity index is 1640. The molecule has 2 aliphatic rings. The zero-order valence-corrected chi connectivity index (χ0v) is 25.0. The Balaban J connectivity index is 1.25. The maximum Gasteiger partial charge on any atom is 0.142 e. The Morgan fingerprint density at radius 1 is 0.977 bits per heavy atom. The van der Waals surface area contributed by atoms with Crippen LogP contribution in [-0.4, -0.2) is 11.0 Å². The average molecular weight is 596 g/mol. The summed E-state index contributed by atoms with van der Waals surface area (Å²) in [4.78, 5) is 4.17. The summed E-state index contributed by atoms with van der Waals surface area (Å²) in [6.45, 7) is 3.21. The fourth-order valence-corrected chi connectivity index (χ4v) is 6.50. The van der Waals surface area contributed by atoms with E-state index in [0.717, 1.165) is 59.4 Å². The molecule has 3 aromatic carbocycles. The van der Waals surface area contributed by atoms with Gasteiger partial charge in [0.1, 0.15) is 36.1 Å². The number of hydrogen-bond donors (Lipinski definition) is 1. The van der Waals surface area contributed by atoms with Crippen molar-refractivity contribution in [2.75, 3.05) is 0 Å². The van der Waals surface area contributed by atoms with Crippen molar-refractivity contribution in [1.82, 2.24) is 10.3 Å². The minimum absolute atomic E-state index is 0.211. The van der Waals surface area contributed by atoms with E-state index in [1.165, 1.54) is 25.1 Å². The molecule has 1 heterocycles. The highest BCUT2D eigenvalue weighted by molar-refractivity contribution is 6.32. The van der Waals surface area contributed by atoms with Crippen LogP contribution in [0.5, 0.6) is 11.5 Å². The Morgan fingerprint density at radius 3 is 2.60 bits per heavy atom. The molecular weight excluding hydrogens is 561 g/mol. The van der Waals surface area contributed by atoms with Crippen LogP contribution in [0.4, 0.5) is 4.39 Å². The first-order valence-corrected chi connectivity index (χ1v) is 15.4. The summed E-state index contributed by atoms with van der Waals surface area (Å²) < 4.78 is 27.6. The average Bonchev–Trinajstić information content (AvgIpc) is 3.44. The Labute approximate surface area is 257 Å². The maximum absolute atomic E-state index is 14.7. The highest BCUT2D eigenvalue weighted by Crippen LogP contribution is 2.43. The number of benzene rings is 3.